The zero-order chi connectivity index (χ0) is 7.82. The predicted octanol–water partition coefficient (Wildman–Crippen LogP) is 2.65. The van der Waals surface area contributed by atoms with Crippen LogP contribution in [0.2, 0.25) is 0 Å². The van der Waals surface area contributed by atoms with Gasteiger partial charge in [0.1, 0.15) is 6.10 Å². The lowest BCUT2D eigenvalue weighted by atomic mass is 10.1. The molecule has 0 radical (unpaired) electrons. The third kappa shape index (κ3) is 5.54. The summed E-state index contributed by atoms with van der Waals surface area (Å²) in [5, 5.41) is 2.36. The molecule has 0 aliphatic heterocycles. The van der Waals surface area contributed by atoms with Crippen LogP contribution < -0.4 is 0 Å². The summed E-state index contributed by atoms with van der Waals surface area (Å²) in [7, 11) is 0. The summed E-state index contributed by atoms with van der Waals surface area (Å²) < 4.78 is 0. The Morgan fingerprint density at radius 2 is 2.20 bits per heavy atom. The highest BCUT2D eigenvalue weighted by Crippen LogP contribution is 2.05. The van der Waals surface area contributed by atoms with E-state index in [1.54, 1.807) is 0 Å². The minimum absolute atomic E-state index is 0.0101. The molecule has 0 amide bonds. The monoisotopic (exact) mass is 145 g/mol. The van der Waals surface area contributed by atoms with Gasteiger partial charge < -0.3 is 4.84 Å². The minimum Gasteiger partial charge on any atom is -0.361 e. The summed E-state index contributed by atoms with van der Waals surface area (Å²) in [5.41, 5.74) is 0. The van der Waals surface area contributed by atoms with Crippen molar-refractivity contribution in [2.45, 2.75) is 45.6 Å². The van der Waals surface area contributed by atoms with E-state index < -0.39 is 0 Å². The van der Waals surface area contributed by atoms with Gasteiger partial charge in [-0.1, -0.05) is 19.8 Å². The van der Waals surface area contributed by atoms with Crippen LogP contribution in [-0.2, 0) is 4.84 Å². The lowest BCUT2D eigenvalue weighted by Gasteiger charge is -2.04. The van der Waals surface area contributed by atoms with Crippen LogP contribution in [0.4, 0.5) is 0 Å². The number of nitrogens with zero attached hydrogens (tertiary/aromatic N) is 1. The Morgan fingerprint density at radius 3 is 2.70 bits per heavy atom. The molecule has 3 heteroatoms. The highest BCUT2D eigenvalue weighted by atomic mass is 16.7. The van der Waals surface area contributed by atoms with Crippen molar-refractivity contribution in [1.29, 1.82) is 0 Å². The van der Waals surface area contributed by atoms with Gasteiger partial charge in [-0.3, -0.25) is 0 Å². The normalized spacial score (nSPS) is 12.6. The molecule has 0 aromatic heterocycles. The number of unbranched alkanes of at least 4 members (excludes halogenated alkanes) is 2. The zero-order valence-corrected chi connectivity index (χ0v) is 6.67. The van der Waals surface area contributed by atoms with E-state index in [0.717, 1.165) is 12.8 Å². The van der Waals surface area contributed by atoms with Crippen LogP contribution in [0.5, 0.6) is 0 Å². The molecule has 0 saturated carbocycles. The molecule has 60 valence electrons. The van der Waals surface area contributed by atoms with Crippen molar-refractivity contribution >= 4 is 0 Å². The van der Waals surface area contributed by atoms with Gasteiger partial charge in [-0.05, 0) is 19.8 Å². The van der Waals surface area contributed by atoms with Crippen molar-refractivity contribution in [1.82, 2.24) is 0 Å². The summed E-state index contributed by atoms with van der Waals surface area (Å²) in [6.07, 6.45) is 4.43. The molecular weight excluding hydrogens is 130 g/mol. The average Bonchev–Trinajstić information content (AvgIpc) is 1.89. The summed E-state index contributed by atoms with van der Waals surface area (Å²) in [6, 6.07) is 0. The van der Waals surface area contributed by atoms with Crippen LogP contribution >= 0.6 is 0 Å². The van der Waals surface area contributed by atoms with Crippen molar-refractivity contribution in [3.63, 3.8) is 0 Å². The highest BCUT2D eigenvalue weighted by Gasteiger charge is 2.00. The topological polar surface area (TPSA) is 38.7 Å². The molecule has 0 spiro atoms. The maximum absolute atomic E-state index is 9.58. The third-order valence-corrected chi connectivity index (χ3v) is 1.44. The second-order valence-electron chi connectivity index (χ2n) is 2.49. The summed E-state index contributed by atoms with van der Waals surface area (Å²) in [5.74, 6) is 0. The van der Waals surface area contributed by atoms with Gasteiger partial charge in [0.25, 0.3) is 0 Å². The summed E-state index contributed by atoms with van der Waals surface area (Å²) in [4.78, 5) is 14.0. The van der Waals surface area contributed by atoms with E-state index in [2.05, 4.69) is 17.1 Å². The van der Waals surface area contributed by atoms with Crippen molar-refractivity contribution in [3.8, 4) is 0 Å². The first-order chi connectivity index (χ1) is 4.81. The van der Waals surface area contributed by atoms with E-state index in [0.29, 0.717) is 0 Å². The smallest absolute Gasteiger partial charge is 0.155 e. The molecule has 0 heterocycles. The molecule has 0 saturated heterocycles. The van der Waals surface area contributed by atoms with E-state index >= 15 is 0 Å². The fourth-order valence-corrected chi connectivity index (χ4v) is 0.808. The van der Waals surface area contributed by atoms with Crippen molar-refractivity contribution in [3.05, 3.63) is 4.91 Å². The Hall–Kier alpha value is -0.600. The Kier molecular flexibility index (Phi) is 6.13. The Bertz CT molecular complexity index is 85.7. The molecule has 1 unspecified atom stereocenters. The predicted molar refractivity (Wildman–Crippen MR) is 40.5 cm³/mol. The van der Waals surface area contributed by atoms with Crippen LogP contribution in [0.3, 0.4) is 0 Å². The molecule has 1 atom stereocenters. The largest absolute Gasteiger partial charge is 0.361 e. The van der Waals surface area contributed by atoms with Crippen LogP contribution in [0, 0.1) is 4.91 Å². The molecule has 0 aromatic rings. The van der Waals surface area contributed by atoms with E-state index in [-0.39, 0.29) is 6.10 Å². The first kappa shape index (κ1) is 9.40. The van der Waals surface area contributed by atoms with Crippen LogP contribution in [0.15, 0.2) is 5.34 Å². The van der Waals surface area contributed by atoms with Gasteiger partial charge in [-0.2, -0.15) is 0 Å². The molecule has 0 aromatic carbocycles. The van der Waals surface area contributed by atoms with Gasteiger partial charge in [-0.15, -0.1) is 4.91 Å². The number of hydrogen-bond acceptors (Lipinski definition) is 3. The first-order valence-corrected chi connectivity index (χ1v) is 3.79. The maximum Gasteiger partial charge on any atom is 0.155 e. The minimum atomic E-state index is -0.0101. The van der Waals surface area contributed by atoms with Crippen molar-refractivity contribution in [2.24, 2.45) is 5.34 Å². The standard InChI is InChI=1S/C7H15NO2/c1-3-4-5-6-7(2)10-8-9/h7H,3-6H2,1-2H3. The van der Waals surface area contributed by atoms with E-state index in [4.69, 9.17) is 0 Å². The Labute approximate surface area is 61.7 Å². The third-order valence-electron chi connectivity index (χ3n) is 1.44. The quantitative estimate of drug-likeness (QED) is 0.327. The van der Waals surface area contributed by atoms with Crippen LogP contribution in [0.1, 0.15) is 39.5 Å². The van der Waals surface area contributed by atoms with Gasteiger partial charge in [0.2, 0.25) is 0 Å². The van der Waals surface area contributed by atoms with Gasteiger partial charge in [-0.25, -0.2) is 0 Å². The van der Waals surface area contributed by atoms with Crippen LogP contribution in [0.25, 0.3) is 0 Å². The van der Waals surface area contributed by atoms with Gasteiger partial charge in [0.15, 0.2) is 5.34 Å². The zero-order valence-electron chi connectivity index (χ0n) is 6.67. The summed E-state index contributed by atoms with van der Waals surface area (Å²) >= 11 is 0. The second-order valence-corrected chi connectivity index (χ2v) is 2.49. The number of rotatable bonds is 6. The highest BCUT2D eigenvalue weighted by molar-refractivity contribution is 4.48. The SMILES string of the molecule is CCCCCC(C)ON=O. The summed E-state index contributed by atoms with van der Waals surface area (Å²) in [6.45, 7) is 4.00. The Morgan fingerprint density at radius 1 is 1.50 bits per heavy atom. The second kappa shape index (κ2) is 6.52. The molecule has 0 aliphatic carbocycles. The molecule has 3 nitrogen and oxygen atoms in total. The lowest BCUT2D eigenvalue weighted by Crippen LogP contribution is -2.02. The fourth-order valence-electron chi connectivity index (χ4n) is 0.808. The average molecular weight is 145 g/mol. The molecule has 0 fully saturated rings. The van der Waals surface area contributed by atoms with E-state index in [1.807, 2.05) is 6.92 Å². The van der Waals surface area contributed by atoms with Crippen LogP contribution in [-0.4, -0.2) is 6.10 Å². The van der Waals surface area contributed by atoms with Gasteiger partial charge in [0.05, 0.1) is 0 Å². The fraction of sp³-hybridized carbons (Fsp3) is 1.00. The van der Waals surface area contributed by atoms with Gasteiger partial charge in [0, 0.05) is 0 Å². The molecule has 0 rings (SSSR count). The first-order valence-electron chi connectivity index (χ1n) is 3.79. The molecule has 0 bridgehead atoms. The van der Waals surface area contributed by atoms with Gasteiger partial charge >= 0.3 is 0 Å². The van der Waals surface area contributed by atoms with Crippen molar-refractivity contribution < 1.29 is 4.84 Å². The lowest BCUT2D eigenvalue weighted by molar-refractivity contribution is 0.0608. The van der Waals surface area contributed by atoms with E-state index in [1.165, 1.54) is 12.8 Å². The number of hydrogen-bond donors (Lipinski definition) is 0. The molecule has 0 N–H and O–H groups in total. The molecular formula is C7H15NO2. The maximum atomic E-state index is 9.58. The molecule has 0 aliphatic rings. The Balaban J connectivity index is 3.04. The van der Waals surface area contributed by atoms with E-state index in [9.17, 15) is 4.91 Å². The van der Waals surface area contributed by atoms with Crippen molar-refractivity contribution in [2.75, 3.05) is 0 Å². The molecule has 10 heavy (non-hydrogen) atoms.